The topological polar surface area (TPSA) is 78.9 Å². The molecule has 0 aliphatic carbocycles. The number of hydrogen-bond donors (Lipinski definition) is 2. The molecule has 0 spiro atoms. The predicted molar refractivity (Wildman–Crippen MR) is 79.3 cm³/mol. The van der Waals surface area contributed by atoms with E-state index in [-0.39, 0.29) is 0 Å². The van der Waals surface area contributed by atoms with Crippen molar-refractivity contribution in [3.8, 4) is 5.75 Å². The highest BCUT2D eigenvalue weighted by molar-refractivity contribution is 5.82. The van der Waals surface area contributed by atoms with E-state index in [1.807, 2.05) is 31.2 Å². The summed E-state index contributed by atoms with van der Waals surface area (Å²) in [5.74, 6) is -0.296. The van der Waals surface area contributed by atoms with Crippen LogP contribution in [-0.2, 0) is 11.3 Å². The van der Waals surface area contributed by atoms with Crippen LogP contribution in [0.3, 0.4) is 0 Å². The van der Waals surface area contributed by atoms with Crippen molar-refractivity contribution in [1.29, 1.82) is 0 Å². The third-order valence-corrected chi connectivity index (χ3v) is 3.07. The van der Waals surface area contributed by atoms with Crippen molar-refractivity contribution in [2.75, 3.05) is 14.2 Å². The van der Waals surface area contributed by atoms with Crippen molar-refractivity contribution in [3.63, 3.8) is 0 Å². The van der Waals surface area contributed by atoms with Gasteiger partial charge in [0.1, 0.15) is 11.8 Å². The van der Waals surface area contributed by atoms with Crippen molar-refractivity contribution in [2.45, 2.75) is 32.4 Å². The summed E-state index contributed by atoms with van der Waals surface area (Å²) in [6.45, 7) is 2.25. The maximum Gasteiger partial charge on any atom is 0.326 e. The number of carboxylic acid groups (broad SMARTS) is 1. The van der Waals surface area contributed by atoms with Gasteiger partial charge in [0.15, 0.2) is 0 Å². The molecule has 1 aromatic rings. The van der Waals surface area contributed by atoms with Gasteiger partial charge in [0.05, 0.1) is 7.11 Å². The molecule has 1 aromatic carbocycles. The van der Waals surface area contributed by atoms with Crippen molar-refractivity contribution in [1.82, 2.24) is 10.2 Å². The molecule has 1 rings (SSSR count). The number of nitrogens with one attached hydrogen (secondary N) is 1. The Kier molecular flexibility index (Phi) is 6.52. The molecule has 116 valence electrons. The highest BCUT2D eigenvalue weighted by atomic mass is 16.5. The Labute approximate surface area is 124 Å². The lowest BCUT2D eigenvalue weighted by atomic mass is 10.2. The zero-order valence-corrected chi connectivity index (χ0v) is 12.6. The molecule has 0 aliphatic rings. The number of hydrogen-bond acceptors (Lipinski definition) is 3. The minimum absolute atomic E-state index is 0.376. The first-order valence-corrected chi connectivity index (χ1v) is 6.85. The summed E-state index contributed by atoms with van der Waals surface area (Å²) in [7, 11) is 3.21. The number of amides is 2. The molecule has 0 bridgehead atoms. The van der Waals surface area contributed by atoms with Crippen LogP contribution in [0.15, 0.2) is 24.3 Å². The first kappa shape index (κ1) is 16.8. The molecule has 2 amide bonds. The summed E-state index contributed by atoms with van der Waals surface area (Å²) in [4.78, 5) is 24.5. The molecular weight excluding hydrogens is 272 g/mol. The maximum absolute atomic E-state index is 12.0. The second-order valence-electron chi connectivity index (χ2n) is 4.84. The minimum Gasteiger partial charge on any atom is -0.497 e. The summed E-state index contributed by atoms with van der Waals surface area (Å²) >= 11 is 0. The first-order valence-electron chi connectivity index (χ1n) is 6.85. The molecule has 0 aliphatic heterocycles. The van der Waals surface area contributed by atoms with Crippen LogP contribution in [0.1, 0.15) is 25.3 Å². The fourth-order valence-electron chi connectivity index (χ4n) is 1.92. The SMILES string of the molecule is CCCC(NC(=O)N(C)Cc1cccc(OC)c1)C(=O)O. The number of ether oxygens (including phenoxy) is 1. The maximum atomic E-state index is 12.0. The lowest BCUT2D eigenvalue weighted by molar-refractivity contribution is -0.139. The van der Waals surface area contributed by atoms with Crippen molar-refractivity contribution >= 4 is 12.0 Å². The van der Waals surface area contributed by atoms with Crippen LogP contribution < -0.4 is 10.1 Å². The summed E-state index contributed by atoms with van der Waals surface area (Å²) in [6.07, 6.45) is 1.10. The fourth-order valence-corrected chi connectivity index (χ4v) is 1.92. The van der Waals surface area contributed by atoms with Gasteiger partial charge in [-0.3, -0.25) is 0 Å². The number of methoxy groups -OCH3 is 1. The lowest BCUT2D eigenvalue weighted by Crippen LogP contribution is -2.46. The number of nitrogens with zero attached hydrogens (tertiary/aromatic N) is 1. The van der Waals surface area contributed by atoms with Gasteiger partial charge in [0.25, 0.3) is 0 Å². The number of carbonyl (C=O) groups is 2. The van der Waals surface area contributed by atoms with Gasteiger partial charge in [-0.2, -0.15) is 0 Å². The fraction of sp³-hybridized carbons (Fsp3) is 0.467. The van der Waals surface area contributed by atoms with Gasteiger partial charge in [-0.15, -0.1) is 0 Å². The normalized spacial score (nSPS) is 11.6. The van der Waals surface area contributed by atoms with Crippen LogP contribution in [0, 0.1) is 0 Å². The molecule has 2 N–H and O–H groups in total. The minimum atomic E-state index is -1.01. The Morgan fingerprint density at radius 2 is 2.14 bits per heavy atom. The molecular formula is C15H22N2O4. The van der Waals surface area contributed by atoms with Crippen LogP contribution in [0.5, 0.6) is 5.75 Å². The number of rotatable bonds is 7. The summed E-state index contributed by atoms with van der Waals surface area (Å²) < 4.78 is 5.13. The highest BCUT2D eigenvalue weighted by Gasteiger charge is 2.20. The Hall–Kier alpha value is -2.24. The van der Waals surface area contributed by atoms with E-state index in [4.69, 9.17) is 9.84 Å². The van der Waals surface area contributed by atoms with Gasteiger partial charge < -0.3 is 20.1 Å². The molecule has 6 nitrogen and oxygen atoms in total. The Bertz CT molecular complexity index is 490. The van der Waals surface area contributed by atoms with E-state index >= 15 is 0 Å². The standard InChI is InChI=1S/C15H22N2O4/c1-4-6-13(14(18)19)16-15(20)17(2)10-11-7-5-8-12(9-11)21-3/h5,7-9,13H,4,6,10H2,1-3H3,(H,16,20)(H,18,19). The van der Waals surface area contributed by atoms with Crippen molar-refractivity contribution in [2.24, 2.45) is 0 Å². The number of aliphatic carboxylic acids is 1. The van der Waals surface area contributed by atoms with E-state index in [1.165, 1.54) is 4.90 Å². The molecule has 0 saturated heterocycles. The van der Waals surface area contributed by atoms with Crippen LogP contribution in [0.4, 0.5) is 4.79 Å². The van der Waals surface area contributed by atoms with Gasteiger partial charge in [-0.1, -0.05) is 25.5 Å². The number of carbonyl (C=O) groups excluding carboxylic acids is 1. The molecule has 0 heterocycles. The quantitative estimate of drug-likeness (QED) is 0.807. The monoisotopic (exact) mass is 294 g/mol. The zero-order chi connectivity index (χ0) is 15.8. The smallest absolute Gasteiger partial charge is 0.326 e. The molecule has 0 fully saturated rings. The number of urea groups is 1. The van der Waals surface area contributed by atoms with Crippen LogP contribution in [0.25, 0.3) is 0 Å². The molecule has 21 heavy (non-hydrogen) atoms. The second kappa shape index (κ2) is 8.14. The second-order valence-corrected chi connectivity index (χ2v) is 4.84. The zero-order valence-electron chi connectivity index (χ0n) is 12.6. The van der Waals surface area contributed by atoms with E-state index in [0.717, 1.165) is 11.3 Å². The van der Waals surface area contributed by atoms with Gasteiger partial charge in [0, 0.05) is 13.6 Å². The number of benzene rings is 1. The first-order chi connectivity index (χ1) is 9.97. The average molecular weight is 294 g/mol. The van der Waals surface area contributed by atoms with Gasteiger partial charge in [-0.25, -0.2) is 9.59 Å². The molecule has 1 atom stereocenters. The third-order valence-electron chi connectivity index (χ3n) is 3.07. The van der Waals surface area contributed by atoms with E-state index in [1.54, 1.807) is 14.2 Å². The van der Waals surface area contributed by atoms with Gasteiger partial charge in [0.2, 0.25) is 0 Å². The van der Waals surface area contributed by atoms with Crippen molar-refractivity contribution in [3.05, 3.63) is 29.8 Å². The Morgan fingerprint density at radius 3 is 2.71 bits per heavy atom. The molecule has 0 saturated carbocycles. The molecule has 6 heteroatoms. The largest absolute Gasteiger partial charge is 0.497 e. The summed E-state index contributed by atoms with van der Waals surface area (Å²) in [6, 6.07) is 6.13. The Balaban J connectivity index is 2.63. The number of carboxylic acids is 1. The molecule has 0 aromatic heterocycles. The van der Waals surface area contributed by atoms with E-state index < -0.39 is 18.0 Å². The molecule has 1 unspecified atom stereocenters. The highest BCUT2D eigenvalue weighted by Crippen LogP contribution is 2.14. The van der Waals surface area contributed by atoms with Gasteiger partial charge >= 0.3 is 12.0 Å². The summed E-state index contributed by atoms with van der Waals surface area (Å²) in [5.41, 5.74) is 0.911. The van der Waals surface area contributed by atoms with Crippen molar-refractivity contribution < 1.29 is 19.4 Å². The van der Waals surface area contributed by atoms with Crippen LogP contribution >= 0.6 is 0 Å². The lowest BCUT2D eigenvalue weighted by Gasteiger charge is -2.21. The molecule has 0 radical (unpaired) electrons. The predicted octanol–water partition coefficient (Wildman–Crippen LogP) is 2.09. The Morgan fingerprint density at radius 1 is 1.43 bits per heavy atom. The third kappa shape index (κ3) is 5.33. The van der Waals surface area contributed by atoms with E-state index in [9.17, 15) is 9.59 Å². The van der Waals surface area contributed by atoms with E-state index in [0.29, 0.717) is 19.4 Å². The van der Waals surface area contributed by atoms with Gasteiger partial charge in [-0.05, 0) is 24.1 Å². The average Bonchev–Trinajstić information content (AvgIpc) is 2.46. The summed E-state index contributed by atoms with van der Waals surface area (Å²) in [5, 5.41) is 11.6. The van der Waals surface area contributed by atoms with Crippen LogP contribution in [0.2, 0.25) is 0 Å². The van der Waals surface area contributed by atoms with E-state index in [2.05, 4.69) is 5.32 Å². The van der Waals surface area contributed by atoms with Crippen LogP contribution in [-0.4, -0.2) is 42.2 Å².